The molecule has 0 bridgehead atoms. The van der Waals surface area contributed by atoms with E-state index in [0.29, 0.717) is 19.3 Å². The minimum absolute atomic E-state index is 0.521. The minimum atomic E-state index is 0.521. The molecule has 3 rings (SSSR count). The molecule has 2 aliphatic rings. The summed E-state index contributed by atoms with van der Waals surface area (Å²) in [6.45, 7) is 3.49. The Balaban J connectivity index is 1.81. The van der Waals surface area contributed by atoms with Crippen LogP contribution in [0.3, 0.4) is 0 Å². The molecule has 1 aliphatic heterocycles. The van der Waals surface area contributed by atoms with Gasteiger partial charge in [-0.3, -0.25) is 0 Å². The zero-order valence-corrected chi connectivity index (χ0v) is 12.9. The number of benzene rings is 1. The molecule has 1 atom stereocenters. The summed E-state index contributed by atoms with van der Waals surface area (Å²) < 4.78 is 11.3. The van der Waals surface area contributed by atoms with E-state index in [9.17, 15) is 0 Å². The smallest absolute Gasteiger partial charge is 0.163 e. The summed E-state index contributed by atoms with van der Waals surface area (Å²) in [5.41, 5.74) is 2.68. The summed E-state index contributed by atoms with van der Waals surface area (Å²) in [6, 6.07) is 4.70. The van der Waals surface area contributed by atoms with Crippen LogP contribution in [0.15, 0.2) is 28.7 Å². The third-order valence-corrected chi connectivity index (χ3v) is 4.64. The Bertz CT molecular complexity index is 527. The SMILES string of the molecule is CSc1cc2c(cc1NC1CC=C(C)CC1)OCCO2. The molecule has 1 heterocycles. The van der Waals surface area contributed by atoms with E-state index in [0.717, 1.165) is 17.9 Å². The highest BCUT2D eigenvalue weighted by Gasteiger charge is 2.18. The second-order valence-electron chi connectivity index (χ2n) is 5.36. The number of hydrogen-bond acceptors (Lipinski definition) is 4. The molecule has 3 nitrogen and oxygen atoms in total. The van der Waals surface area contributed by atoms with Crippen molar-refractivity contribution in [2.75, 3.05) is 24.8 Å². The van der Waals surface area contributed by atoms with Gasteiger partial charge in [-0.05, 0) is 38.5 Å². The van der Waals surface area contributed by atoms with Crippen LogP contribution in [0.5, 0.6) is 11.5 Å². The molecule has 0 radical (unpaired) electrons. The Morgan fingerprint density at radius 2 is 1.95 bits per heavy atom. The molecule has 1 N–H and O–H groups in total. The van der Waals surface area contributed by atoms with Crippen LogP contribution in [-0.4, -0.2) is 25.5 Å². The van der Waals surface area contributed by atoms with Crippen molar-refractivity contribution in [2.24, 2.45) is 0 Å². The highest BCUT2D eigenvalue weighted by atomic mass is 32.2. The van der Waals surface area contributed by atoms with Gasteiger partial charge in [-0.25, -0.2) is 0 Å². The number of hydrogen-bond donors (Lipinski definition) is 1. The first kappa shape index (κ1) is 13.7. The molecule has 0 spiro atoms. The molecular formula is C16H21NO2S. The number of rotatable bonds is 3. The Hall–Kier alpha value is -1.29. The molecule has 1 aromatic carbocycles. The Labute approximate surface area is 124 Å². The molecule has 1 aliphatic carbocycles. The number of thioether (sulfide) groups is 1. The van der Waals surface area contributed by atoms with Crippen molar-refractivity contribution in [1.29, 1.82) is 0 Å². The first-order chi connectivity index (χ1) is 9.76. The molecule has 0 amide bonds. The highest BCUT2D eigenvalue weighted by Crippen LogP contribution is 2.40. The van der Waals surface area contributed by atoms with Crippen LogP contribution in [0.4, 0.5) is 5.69 Å². The fraction of sp³-hybridized carbons (Fsp3) is 0.500. The maximum atomic E-state index is 5.68. The van der Waals surface area contributed by atoms with E-state index < -0.39 is 0 Å². The van der Waals surface area contributed by atoms with Gasteiger partial charge in [0.1, 0.15) is 13.2 Å². The molecule has 1 unspecified atom stereocenters. The number of anilines is 1. The predicted molar refractivity (Wildman–Crippen MR) is 84.2 cm³/mol. The van der Waals surface area contributed by atoms with E-state index in [1.807, 2.05) is 0 Å². The van der Waals surface area contributed by atoms with Crippen molar-refractivity contribution in [2.45, 2.75) is 37.1 Å². The van der Waals surface area contributed by atoms with Crippen LogP contribution in [0.2, 0.25) is 0 Å². The molecule has 0 saturated carbocycles. The quantitative estimate of drug-likeness (QED) is 0.671. The van der Waals surface area contributed by atoms with Gasteiger partial charge in [-0.1, -0.05) is 11.6 Å². The van der Waals surface area contributed by atoms with Crippen LogP contribution in [0, 0.1) is 0 Å². The molecule has 0 fully saturated rings. The number of fused-ring (bicyclic) bond motifs is 1. The minimum Gasteiger partial charge on any atom is -0.486 e. The Kier molecular flexibility index (Phi) is 4.10. The average Bonchev–Trinajstić information content (AvgIpc) is 2.49. The summed E-state index contributed by atoms with van der Waals surface area (Å²) in [4.78, 5) is 1.22. The molecular weight excluding hydrogens is 270 g/mol. The summed E-state index contributed by atoms with van der Waals surface area (Å²) in [5, 5.41) is 3.67. The van der Waals surface area contributed by atoms with Gasteiger partial charge < -0.3 is 14.8 Å². The van der Waals surface area contributed by atoms with Gasteiger partial charge in [0, 0.05) is 17.0 Å². The van der Waals surface area contributed by atoms with Crippen LogP contribution >= 0.6 is 11.8 Å². The normalized spacial score (nSPS) is 21.3. The lowest BCUT2D eigenvalue weighted by Gasteiger charge is -2.26. The van der Waals surface area contributed by atoms with Crippen LogP contribution in [0.25, 0.3) is 0 Å². The van der Waals surface area contributed by atoms with Crippen LogP contribution in [-0.2, 0) is 0 Å². The van der Waals surface area contributed by atoms with Gasteiger partial charge in [-0.2, -0.15) is 0 Å². The maximum Gasteiger partial charge on any atom is 0.163 e. The van der Waals surface area contributed by atoms with Gasteiger partial charge >= 0.3 is 0 Å². The van der Waals surface area contributed by atoms with Gasteiger partial charge in [0.2, 0.25) is 0 Å². The van der Waals surface area contributed by atoms with Crippen molar-refractivity contribution in [3.05, 3.63) is 23.8 Å². The lowest BCUT2D eigenvalue weighted by atomic mass is 9.96. The maximum absolute atomic E-state index is 5.68. The van der Waals surface area contributed by atoms with Gasteiger partial charge in [0.25, 0.3) is 0 Å². The third-order valence-electron chi connectivity index (χ3n) is 3.86. The van der Waals surface area contributed by atoms with Gasteiger partial charge in [-0.15, -0.1) is 11.8 Å². The van der Waals surface area contributed by atoms with Crippen molar-refractivity contribution in [1.82, 2.24) is 0 Å². The lowest BCUT2D eigenvalue weighted by Crippen LogP contribution is -2.22. The van der Waals surface area contributed by atoms with Crippen molar-refractivity contribution >= 4 is 17.4 Å². The largest absolute Gasteiger partial charge is 0.486 e. The summed E-state index contributed by atoms with van der Waals surface area (Å²) >= 11 is 1.74. The van der Waals surface area contributed by atoms with Gasteiger partial charge in [0.05, 0.1) is 5.69 Å². The molecule has 4 heteroatoms. The molecule has 0 saturated heterocycles. The Morgan fingerprint density at radius 3 is 2.60 bits per heavy atom. The number of ether oxygens (including phenoxy) is 2. The van der Waals surface area contributed by atoms with Crippen LogP contribution < -0.4 is 14.8 Å². The predicted octanol–water partition coefficient (Wildman–Crippen LogP) is 4.09. The average molecular weight is 291 g/mol. The van der Waals surface area contributed by atoms with Gasteiger partial charge in [0.15, 0.2) is 11.5 Å². The monoisotopic (exact) mass is 291 g/mol. The fourth-order valence-electron chi connectivity index (χ4n) is 2.67. The first-order valence-electron chi connectivity index (χ1n) is 7.16. The van der Waals surface area contributed by atoms with E-state index in [4.69, 9.17) is 9.47 Å². The first-order valence-corrected chi connectivity index (χ1v) is 8.38. The highest BCUT2D eigenvalue weighted by molar-refractivity contribution is 7.98. The Morgan fingerprint density at radius 1 is 1.20 bits per heavy atom. The zero-order valence-electron chi connectivity index (χ0n) is 12.1. The van der Waals surface area contributed by atoms with E-state index >= 15 is 0 Å². The molecule has 1 aromatic rings. The third kappa shape index (κ3) is 2.90. The molecule has 108 valence electrons. The second kappa shape index (κ2) is 6.00. The molecule has 0 aromatic heterocycles. The van der Waals surface area contributed by atoms with E-state index in [-0.39, 0.29) is 0 Å². The lowest BCUT2D eigenvalue weighted by molar-refractivity contribution is 0.171. The van der Waals surface area contributed by atoms with E-state index in [1.165, 1.54) is 29.0 Å². The second-order valence-corrected chi connectivity index (χ2v) is 6.21. The zero-order chi connectivity index (χ0) is 13.9. The van der Waals surface area contributed by atoms with Crippen LogP contribution in [0.1, 0.15) is 26.2 Å². The van der Waals surface area contributed by atoms with E-state index in [1.54, 1.807) is 11.8 Å². The standard InChI is InChI=1S/C16H21NO2S/c1-11-3-5-12(6-4-11)17-13-9-14-15(10-16(13)20-2)19-8-7-18-14/h3,9-10,12,17H,4-8H2,1-2H3. The topological polar surface area (TPSA) is 30.5 Å². The fourth-order valence-corrected chi connectivity index (χ4v) is 3.23. The van der Waals surface area contributed by atoms with Crippen molar-refractivity contribution in [3.8, 4) is 11.5 Å². The van der Waals surface area contributed by atoms with Crippen molar-refractivity contribution < 1.29 is 9.47 Å². The number of allylic oxidation sites excluding steroid dienone is 1. The summed E-state index contributed by atoms with van der Waals surface area (Å²) in [6.07, 6.45) is 7.94. The van der Waals surface area contributed by atoms with E-state index in [2.05, 4.69) is 36.7 Å². The molecule has 20 heavy (non-hydrogen) atoms. The number of nitrogens with one attached hydrogen (secondary N) is 1. The summed E-state index contributed by atoms with van der Waals surface area (Å²) in [7, 11) is 0. The summed E-state index contributed by atoms with van der Waals surface area (Å²) in [5.74, 6) is 1.73. The van der Waals surface area contributed by atoms with Crippen molar-refractivity contribution in [3.63, 3.8) is 0 Å².